The first kappa shape index (κ1) is 12.7. The summed E-state index contributed by atoms with van der Waals surface area (Å²) in [6, 6.07) is 0.0674. The Balaban J connectivity index is 2.32. The van der Waals surface area contributed by atoms with Gasteiger partial charge in [-0.2, -0.15) is 0 Å². The number of Topliss-reactive ketones (excluding diaryl/α,β-unsaturated/α-hetero) is 1. The molecular formula is C12H23NO2. The fraction of sp³-hybridized carbons (Fsp3) is 0.917. The van der Waals surface area contributed by atoms with Crippen molar-refractivity contribution in [1.29, 1.82) is 0 Å². The van der Waals surface area contributed by atoms with E-state index in [1.165, 1.54) is 0 Å². The Morgan fingerprint density at radius 3 is 2.60 bits per heavy atom. The van der Waals surface area contributed by atoms with Crippen molar-refractivity contribution < 1.29 is 9.53 Å². The molecule has 0 amide bonds. The van der Waals surface area contributed by atoms with Crippen molar-refractivity contribution in [2.45, 2.75) is 39.2 Å². The van der Waals surface area contributed by atoms with Crippen molar-refractivity contribution in [2.24, 2.45) is 5.92 Å². The minimum absolute atomic E-state index is 0.0674. The summed E-state index contributed by atoms with van der Waals surface area (Å²) in [6.45, 7) is 6.73. The maximum Gasteiger partial charge on any atom is 0.149 e. The second kappa shape index (κ2) is 6.23. The van der Waals surface area contributed by atoms with Crippen LogP contribution in [-0.2, 0) is 9.53 Å². The summed E-state index contributed by atoms with van der Waals surface area (Å²) >= 11 is 0. The van der Waals surface area contributed by atoms with Gasteiger partial charge < -0.3 is 4.74 Å². The second-order valence-corrected chi connectivity index (χ2v) is 4.49. The zero-order valence-corrected chi connectivity index (χ0v) is 10.2. The summed E-state index contributed by atoms with van der Waals surface area (Å²) in [7, 11) is 2.05. The van der Waals surface area contributed by atoms with Gasteiger partial charge in [-0.25, -0.2) is 0 Å². The van der Waals surface area contributed by atoms with Crippen LogP contribution in [0.4, 0.5) is 0 Å². The van der Waals surface area contributed by atoms with Crippen LogP contribution in [0.5, 0.6) is 0 Å². The van der Waals surface area contributed by atoms with E-state index in [0.29, 0.717) is 18.1 Å². The molecule has 0 aromatic heterocycles. The molecule has 15 heavy (non-hydrogen) atoms. The highest BCUT2D eigenvalue weighted by molar-refractivity contribution is 5.83. The maximum atomic E-state index is 11.5. The quantitative estimate of drug-likeness (QED) is 0.696. The molecule has 0 bridgehead atoms. The molecule has 0 aromatic carbocycles. The second-order valence-electron chi connectivity index (χ2n) is 4.49. The average molecular weight is 213 g/mol. The van der Waals surface area contributed by atoms with Crippen LogP contribution in [0.15, 0.2) is 0 Å². The van der Waals surface area contributed by atoms with Crippen LogP contribution < -0.4 is 0 Å². The van der Waals surface area contributed by atoms with Gasteiger partial charge in [0.15, 0.2) is 0 Å². The van der Waals surface area contributed by atoms with E-state index in [2.05, 4.69) is 4.90 Å². The lowest BCUT2D eigenvalue weighted by Crippen LogP contribution is -2.39. The number of ether oxygens (including phenoxy) is 1. The molecule has 1 rings (SSSR count). The van der Waals surface area contributed by atoms with Crippen molar-refractivity contribution in [3.8, 4) is 0 Å². The predicted molar refractivity (Wildman–Crippen MR) is 60.9 cm³/mol. The lowest BCUT2D eigenvalue weighted by atomic mass is 9.99. The number of hydrogen-bond donors (Lipinski definition) is 0. The molecule has 1 atom stereocenters. The van der Waals surface area contributed by atoms with Crippen LogP contribution in [-0.4, -0.2) is 43.5 Å². The third-order valence-electron chi connectivity index (χ3n) is 3.36. The predicted octanol–water partition coefficient (Wildman–Crippen LogP) is 1.71. The Bertz CT molecular complexity index is 200. The monoisotopic (exact) mass is 213 g/mol. The first-order valence-corrected chi connectivity index (χ1v) is 5.95. The summed E-state index contributed by atoms with van der Waals surface area (Å²) < 4.78 is 5.32. The van der Waals surface area contributed by atoms with Crippen LogP contribution in [0.25, 0.3) is 0 Å². The van der Waals surface area contributed by atoms with Gasteiger partial charge in [0.1, 0.15) is 5.78 Å². The summed E-state index contributed by atoms with van der Waals surface area (Å²) in [5.74, 6) is 1.04. The Morgan fingerprint density at radius 2 is 2.07 bits per heavy atom. The fourth-order valence-corrected chi connectivity index (χ4v) is 2.04. The molecule has 0 saturated carbocycles. The van der Waals surface area contributed by atoms with Gasteiger partial charge in [-0.05, 0) is 32.7 Å². The van der Waals surface area contributed by atoms with Crippen molar-refractivity contribution in [3.63, 3.8) is 0 Å². The molecule has 3 nitrogen and oxygen atoms in total. The van der Waals surface area contributed by atoms with Crippen LogP contribution in [0, 0.1) is 5.92 Å². The molecule has 1 heterocycles. The summed E-state index contributed by atoms with van der Waals surface area (Å²) in [5, 5.41) is 0. The third-order valence-corrected chi connectivity index (χ3v) is 3.36. The molecule has 0 aromatic rings. The molecule has 0 aliphatic carbocycles. The van der Waals surface area contributed by atoms with Crippen molar-refractivity contribution in [3.05, 3.63) is 0 Å². The van der Waals surface area contributed by atoms with Crippen molar-refractivity contribution in [1.82, 2.24) is 4.90 Å². The minimum atomic E-state index is 0.0674. The molecule has 1 fully saturated rings. The molecule has 88 valence electrons. The Kier molecular flexibility index (Phi) is 5.26. The van der Waals surface area contributed by atoms with Gasteiger partial charge in [-0.3, -0.25) is 9.69 Å². The highest BCUT2D eigenvalue weighted by atomic mass is 16.5. The highest BCUT2D eigenvalue weighted by Gasteiger charge is 2.21. The zero-order valence-electron chi connectivity index (χ0n) is 10.2. The molecular weight excluding hydrogens is 190 g/mol. The fourth-order valence-electron chi connectivity index (χ4n) is 2.04. The van der Waals surface area contributed by atoms with Crippen molar-refractivity contribution >= 4 is 5.78 Å². The SMILES string of the molecule is CCC(=O)C(C)N(C)CC1CCOCC1. The van der Waals surface area contributed by atoms with Gasteiger partial charge in [0.25, 0.3) is 0 Å². The number of carbonyl (C=O) groups excluding carboxylic acids is 1. The number of rotatable bonds is 5. The van der Waals surface area contributed by atoms with Gasteiger partial charge in [-0.1, -0.05) is 6.92 Å². The van der Waals surface area contributed by atoms with Crippen LogP contribution in [0.1, 0.15) is 33.1 Å². The van der Waals surface area contributed by atoms with E-state index in [1.54, 1.807) is 0 Å². The van der Waals surface area contributed by atoms with Gasteiger partial charge in [-0.15, -0.1) is 0 Å². The van der Waals surface area contributed by atoms with Gasteiger partial charge in [0.05, 0.1) is 6.04 Å². The standard InChI is InChI=1S/C12H23NO2/c1-4-12(14)10(2)13(3)9-11-5-7-15-8-6-11/h10-11H,4-9H2,1-3H3. The largest absolute Gasteiger partial charge is 0.381 e. The van der Waals surface area contributed by atoms with Crippen LogP contribution in [0.2, 0.25) is 0 Å². The molecule has 1 aliphatic rings. The zero-order chi connectivity index (χ0) is 11.3. The molecule has 1 saturated heterocycles. The normalized spacial score (nSPS) is 20.5. The van der Waals surface area contributed by atoms with Crippen LogP contribution in [0.3, 0.4) is 0 Å². The van der Waals surface area contributed by atoms with Crippen LogP contribution >= 0.6 is 0 Å². The topological polar surface area (TPSA) is 29.5 Å². The first-order chi connectivity index (χ1) is 7.15. The molecule has 0 radical (unpaired) electrons. The van der Waals surface area contributed by atoms with Gasteiger partial charge >= 0.3 is 0 Å². The van der Waals surface area contributed by atoms with E-state index in [-0.39, 0.29) is 6.04 Å². The smallest absolute Gasteiger partial charge is 0.149 e. The van der Waals surface area contributed by atoms with Crippen molar-refractivity contribution in [2.75, 3.05) is 26.8 Å². The Labute approximate surface area is 92.8 Å². The Hall–Kier alpha value is -0.410. The van der Waals surface area contributed by atoms with E-state index < -0.39 is 0 Å². The lowest BCUT2D eigenvalue weighted by molar-refractivity contribution is -0.123. The third kappa shape index (κ3) is 3.92. The Morgan fingerprint density at radius 1 is 1.47 bits per heavy atom. The highest BCUT2D eigenvalue weighted by Crippen LogP contribution is 2.16. The average Bonchev–Trinajstić information content (AvgIpc) is 2.28. The van der Waals surface area contributed by atoms with E-state index in [1.807, 2.05) is 20.9 Å². The minimum Gasteiger partial charge on any atom is -0.381 e. The molecule has 1 unspecified atom stereocenters. The summed E-state index contributed by atoms with van der Waals surface area (Å²) in [5.41, 5.74) is 0. The van der Waals surface area contributed by atoms with Gasteiger partial charge in [0.2, 0.25) is 0 Å². The molecule has 3 heteroatoms. The maximum absolute atomic E-state index is 11.5. The number of hydrogen-bond acceptors (Lipinski definition) is 3. The number of carbonyl (C=O) groups is 1. The van der Waals surface area contributed by atoms with E-state index in [4.69, 9.17) is 4.74 Å². The molecule has 0 N–H and O–H groups in total. The number of likely N-dealkylation sites (N-methyl/N-ethyl adjacent to an activating group) is 1. The van der Waals surface area contributed by atoms with E-state index in [9.17, 15) is 4.79 Å². The number of ketones is 1. The lowest BCUT2D eigenvalue weighted by Gasteiger charge is -2.30. The van der Waals surface area contributed by atoms with E-state index >= 15 is 0 Å². The summed E-state index contributed by atoms with van der Waals surface area (Å²) in [6.07, 6.45) is 2.91. The molecule has 1 aliphatic heterocycles. The van der Waals surface area contributed by atoms with E-state index in [0.717, 1.165) is 32.6 Å². The summed E-state index contributed by atoms with van der Waals surface area (Å²) in [4.78, 5) is 13.7. The number of nitrogens with zero attached hydrogens (tertiary/aromatic N) is 1. The molecule has 0 spiro atoms. The van der Waals surface area contributed by atoms with Gasteiger partial charge in [0, 0.05) is 26.2 Å². The first-order valence-electron chi connectivity index (χ1n) is 5.95.